The van der Waals surface area contributed by atoms with Crippen LogP contribution in [0.25, 0.3) is 89.7 Å². The smallest absolute Gasteiger partial charge is 0.391 e. The predicted octanol–water partition coefficient (Wildman–Crippen LogP) is 9.05. The second kappa shape index (κ2) is 38.2. The third-order valence-electron chi connectivity index (χ3n) is 20.0. The zero-order valence-corrected chi connectivity index (χ0v) is 69.1. The largest absolute Gasteiger partial charge is 0.416 e. The highest BCUT2D eigenvalue weighted by Gasteiger charge is 2.48. The minimum absolute atomic E-state index is 0. The lowest BCUT2D eigenvalue weighted by molar-refractivity contribution is -0.201. The van der Waals surface area contributed by atoms with E-state index in [0.717, 1.165) is 27.9 Å². The van der Waals surface area contributed by atoms with E-state index in [1.165, 1.54) is 70.2 Å². The number of aliphatic hydroxyl groups is 4. The Morgan fingerprint density at radius 2 is 0.891 bits per heavy atom. The van der Waals surface area contributed by atoms with Crippen LogP contribution in [-0.4, -0.2) is 282 Å². The van der Waals surface area contributed by atoms with Crippen LogP contribution in [0.3, 0.4) is 0 Å². The summed E-state index contributed by atoms with van der Waals surface area (Å²) < 4.78 is 205. The van der Waals surface area contributed by atoms with E-state index < -0.39 is 157 Å². The van der Waals surface area contributed by atoms with Gasteiger partial charge in [0.1, 0.15) is 84.1 Å². The number of nitrogens with zero attached hydrogens (tertiary/aromatic N) is 17. The van der Waals surface area contributed by atoms with Gasteiger partial charge >= 0.3 is 24.7 Å². The normalized spacial score (nSPS) is 19.0. The van der Waals surface area contributed by atoms with Gasteiger partial charge in [-0.1, -0.05) is 46.4 Å². The number of hydrogen-bond acceptors (Lipinski definition) is 26. The van der Waals surface area contributed by atoms with E-state index in [2.05, 4.69) is 85.1 Å². The number of carbonyl (C=O) groups is 4. The van der Waals surface area contributed by atoms with Crippen molar-refractivity contribution in [1.82, 2.24) is 105 Å². The Morgan fingerprint density at radius 1 is 0.492 bits per heavy atom. The first-order chi connectivity index (χ1) is 60.3. The summed E-state index contributed by atoms with van der Waals surface area (Å²) in [7, 11) is -3.67. The number of aromatic nitrogens is 16. The standard InChI is InChI=1S/C19H17ClF4N6O2.C19H19ClF3N7O3S.C18H15ClF4N6O3.C18H16ClF3N6O2.3H2/c20-9-4-10-11(6-26-15(10)25-5-9)16-27-7-12(21)17(29-16)30-3-1-2-13(30)18(32)28-8-14(31)19(22,23)24;1-34(32,33)29-4-5-30(14(9-29)18(31)27-10-19(21,22)23)15-2-3-24-17(28-15)13-8-26-16-12(13)6-11(20)7-25-16;19-7-1-8-9(3-25-14(8)24-2-7)15-26-4-10(20)16(28-15)29-5-11(30)13(31)12(29)17(32)27-6-18(21,22)23;19-9-3-11-12(6-25-15(11)24-5-9)16-23-2-1-14(27-16)28-7-10(29)4-13(28)17(30)26-8-18(20,21)22;;;/h4-7,13-14,31H,1-3,8H2,(H,25,26)(H,28,32);2-3,6-8,14H,4-5,9-10H2,1H3,(H,25,26)(H,27,31);1-4,11-13,30-31H,5-6H2,(H,24,25)(H,27,32);1-3,5-6,10,13,29H,4,7-8H2,(H,24,25)(H,26,30);3*1H/t13-,14?;14-;11?,12-,13?;10?,13-;;;/m1011.../s1. The summed E-state index contributed by atoms with van der Waals surface area (Å²) >= 11 is 24.1. The quantitative estimate of drug-likeness (QED) is 0.0356. The molecule has 12 aromatic rings. The second-order valence-corrected chi connectivity index (χ2v) is 32.6. The van der Waals surface area contributed by atoms with Crippen LogP contribution in [-0.2, 0) is 29.2 Å². The number of amides is 4. The Balaban J connectivity index is 0.000000180. The summed E-state index contributed by atoms with van der Waals surface area (Å²) in [6.45, 7) is -5.99. The average Bonchev–Trinajstić information content (AvgIpc) is 1.68. The molecular weight excluding hydrogens is 1840 g/mol. The number of sulfonamides is 1. The number of piperazine rings is 1. The van der Waals surface area contributed by atoms with Crippen LogP contribution in [0, 0.1) is 11.6 Å². The molecule has 12 aromatic heterocycles. The minimum atomic E-state index is -4.85. The van der Waals surface area contributed by atoms with Crippen molar-refractivity contribution in [2.24, 2.45) is 0 Å². The molecule has 0 aliphatic carbocycles. The van der Waals surface area contributed by atoms with Gasteiger partial charge in [0.25, 0.3) is 0 Å². The molecule has 12 N–H and O–H groups in total. The summed E-state index contributed by atoms with van der Waals surface area (Å²) in [5.41, 5.74) is 4.25. The van der Waals surface area contributed by atoms with Crippen molar-refractivity contribution >= 4 is 147 Å². The molecule has 16 rings (SSSR count). The minimum Gasteiger partial charge on any atom is -0.391 e. The maximum absolute atomic E-state index is 14.6. The predicted molar refractivity (Wildman–Crippen MR) is 440 cm³/mol. The zero-order valence-electron chi connectivity index (χ0n) is 65.3. The van der Waals surface area contributed by atoms with Crippen molar-refractivity contribution < 1.29 is 114 Å². The Labute approximate surface area is 735 Å². The Hall–Kier alpha value is -11.9. The van der Waals surface area contributed by atoms with E-state index in [1.54, 1.807) is 48.2 Å². The number of aliphatic hydroxyl groups excluding tert-OH is 4. The summed E-state index contributed by atoms with van der Waals surface area (Å²) in [6.07, 6.45) is -6.80. The first kappa shape index (κ1) is 93.7. The monoisotopic (exact) mass is 1910 g/mol. The molecule has 16 heterocycles. The van der Waals surface area contributed by atoms with Gasteiger partial charge in [-0.25, -0.2) is 77.0 Å². The molecule has 54 heteroatoms. The Morgan fingerprint density at radius 3 is 1.31 bits per heavy atom. The number of halogens is 18. The number of fused-ring (bicyclic) bond motifs is 4. The van der Waals surface area contributed by atoms with Crippen molar-refractivity contribution in [3.8, 4) is 45.6 Å². The van der Waals surface area contributed by atoms with E-state index in [9.17, 15) is 104 Å². The molecule has 686 valence electrons. The highest BCUT2D eigenvalue weighted by atomic mass is 35.5. The molecule has 128 heavy (non-hydrogen) atoms. The fourth-order valence-electron chi connectivity index (χ4n) is 14.1. The maximum Gasteiger partial charge on any atom is 0.416 e. The SMILES string of the molecule is CS(=O)(=O)N1CCN(c2ccnc(-c3c[nH]c4ncc(Cl)cc34)n2)[C@H](C(=O)NCC(F)(F)F)C1.O=C(NCC(F)(F)F)[C@H]1C(O)C(O)CN1c1nc(-c2c[nH]c3ncc(Cl)cc23)ncc1F.O=C(NCC(F)(F)F)[C@H]1CC(O)CN1c1ccnc(-c2c[nH]c3ncc(Cl)cc23)n1.O=C(NCC(O)C(F)(F)F)[C@H]1CCCN1c1nc(-c2c[nH]c3ncc(Cl)cc23)ncc1F.[HH].[HH].[HH]. The maximum atomic E-state index is 14.6. The van der Waals surface area contributed by atoms with Gasteiger partial charge < -0.3 is 81.2 Å². The molecule has 4 aliphatic heterocycles. The van der Waals surface area contributed by atoms with Crippen LogP contribution in [0.2, 0.25) is 20.1 Å². The molecule has 4 unspecified atom stereocenters. The van der Waals surface area contributed by atoms with Crippen LogP contribution in [0.5, 0.6) is 0 Å². The molecular formula is C74H73Cl4F14N25O10S. The molecule has 0 bridgehead atoms. The number of H-pyrrole nitrogens is 4. The number of anilines is 4. The van der Waals surface area contributed by atoms with Crippen molar-refractivity contribution in [1.29, 1.82) is 0 Å². The van der Waals surface area contributed by atoms with Gasteiger partial charge in [-0.15, -0.1) is 0 Å². The van der Waals surface area contributed by atoms with E-state index >= 15 is 0 Å². The highest BCUT2D eigenvalue weighted by Crippen LogP contribution is 2.38. The van der Waals surface area contributed by atoms with Gasteiger partial charge in [0, 0.05) is 156 Å². The van der Waals surface area contributed by atoms with Crippen LogP contribution in [0.1, 0.15) is 23.5 Å². The van der Waals surface area contributed by atoms with Crippen LogP contribution >= 0.6 is 46.4 Å². The van der Waals surface area contributed by atoms with E-state index in [-0.39, 0.29) is 72.5 Å². The molecule has 4 fully saturated rings. The number of rotatable bonds is 18. The third kappa shape index (κ3) is 22.2. The molecule has 4 aliphatic rings. The van der Waals surface area contributed by atoms with Crippen molar-refractivity contribution in [3.63, 3.8) is 0 Å². The average molecular weight is 1910 g/mol. The Bertz CT molecular complexity index is 6240. The number of hydrogen-bond donors (Lipinski definition) is 12. The first-order valence-corrected chi connectivity index (χ1v) is 41.0. The van der Waals surface area contributed by atoms with E-state index in [1.807, 2.05) is 10.6 Å². The van der Waals surface area contributed by atoms with Gasteiger partial charge in [0.15, 0.2) is 52.7 Å². The summed E-state index contributed by atoms with van der Waals surface area (Å²) in [4.78, 5) is 117. The highest BCUT2D eigenvalue weighted by molar-refractivity contribution is 7.88. The lowest BCUT2D eigenvalue weighted by atomic mass is 10.1. The fourth-order valence-corrected chi connectivity index (χ4v) is 15.6. The van der Waals surface area contributed by atoms with Gasteiger partial charge in [0.05, 0.1) is 57.5 Å². The molecule has 4 saturated heterocycles. The number of nitrogens with one attached hydrogen (secondary N) is 8. The van der Waals surface area contributed by atoms with Crippen LogP contribution < -0.4 is 40.9 Å². The Kier molecular flexibility index (Phi) is 28.0. The molecule has 35 nitrogen and oxygen atoms in total. The lowest BCUT2D eigenvalue weighted by Crippen LogP contribution is -2.60. The molecule has 8 atom stereocenters. The number of alkyl halides is 12. The number of carbonyl (C=O) groups excluding carboxylic acids is 4. The topological polar surface area (TPSA) is 465 Å². The number of aromatic amines is 4. The fraction of sp³-hybridized carbons (Fsp3) is 0.351. The molecule has 0 radical (unpaired) electrons. The van der Waals surface area contributed by atoms with E-state index in [4.69, 9.17) is 51.5 Å². The van der Waals surface area contributed by atoms with Gasteiger partial charge in [-0.05, 0) is 49.2 Å². The van der Waals surface area contributed by atoms with E-state index in [0.29, 0.717) is 111 Å². The second-order valence-electron chi connectivity index (χ2n) is 28.9. The molecule has 0 saturated carbocycles. The molecule has 4 amide bonds. The van der Waals surface area contributed by atoms with Crippen molar-refractivity contribution in [3.05, 3.63) is 142 Å². The summed E-state index contributed by atoms with van der Waals surface area (Å²) in [6, 6.07) is 4.81. The van der Waals surface area contributed by atoms with Gasteiger partial charge in [-0.2, -0.15) is 57.0 Å². The van der Waals surface area contributed by atoms with Crippen molar-refractivity contribution in [2.75, 3.05) is 91.3 Å². The number of β-amino-alcohol motifs (C(OH)–C–C–N with tert-alkyl or cyclic N) is 2. The zero-order chi connectivity index (χ0) is 92.4. The summed E-state index contributed by atoms with van der Waals surface area (Å²) in [5, 5.41) is 50.8. The lowest BCUT2D eigenvalue weighted by Gasteiger charge is -2.40. The van der Waals surface area contributed by atoms with Crippen LogP contribution in [0.4, 0.5) is 84.7 Å². The van der Waals surface area contributed by atoms with Gasteiger partial charge in [-0.3, -0.25) is 19.2 Å². The summed E-state index contributed by atoms with van der Waals surface area (Å²) in [5.74, 6) is -4.86. The number of pyridine rings is 4. The molecule has 0 spiro atoms. The van der Waals surface area contributed by atoms with Crippen molar-refractivity contribution in [2.45, 2.75) is 92.6 Å². The third-order valence-corrected chi connectivity index (χ3v) is 22.1. The first-order valence-electron chi connectivity index (χ1n) is 37.7. The molecule has 0 aromatic carbocycles. The van der Waals surface area contributed by atoms with Gasteiger partial charge in [0.2, 0.25) is 33.7 Å². The van der Waals surface area contributed by atoms with Crippen LogP contribution in [0.15, 0.2) is 111 Å².